The third-order valence-electron chi connectivity index (χ3n) is 4.22. The van der Waals surface area contributed by atoms with Crippen LogP contribution in [0.15, 0.2) is 41.3 Å². The molecule has 0 fully saturated rings. The molecule has 1 heterocycles. The predicted molar refractivity (Wildman–Crippen MR) is 99.1 cm³/mol. The second-order valence-electron chi connectivity index (χ2n) is 6.30. The summed E-state index contributed by atoms with van der Waals surface area (Å²) in [7, 11) is -7.14. The molecular weight excluding hydrogens is 360 g/mol. The van der Waals surface area contributed by atoms with Gasteiger partial charge < -0.3 is 0 Å². The van der Waals surface area contributed by atoms with Crippen LogP contribution in [-0.4, -0.2) is 29.6 Å². The Labute approximate surface area is 148 Å². The minimum Gasteiger partial charge on any atom is -0.280 e. The van der Waals surface area contributed by atoms with E-state index in [4.69, 9.17) is 0 Å². The second kappa shape index (κ2) is 6.03. The van der Waals surface area contributed by atoms with Gasteiger partial charge in [-0.05, 0) is 55.2 Å². The fourth-order valence-corrected chi connectivity index (χ4v) is 5.30. The average Bonchev–Trinajstić information content (AvgIpc) is 2.92. The lowest BCUT2D eigenvalue weighted by Gasteiger charge is -2.18. The molecule has 0 amide bonds. The van der Waals surface area contributed by atoms with Crippen molar-refractivity contribution in [1.82, 2.24) is 0 Å². The van der Waals surface area contributed by atoms with Gasteiger partial charge in [-0.15, -0.1) is 0 Å². The first-order valence-electron chi connectivity index (χ1n) is 7.79. The number of sulfonamides is 2. The Bertz CT molecular complexity index is 1040. The molecule has 1 N–H and O–H groups in total. The minimum atomic E-state index is -3.75. The maximum Gasteiger partial charge on any atom is 0.262 e. The van der Waals surface area contributed by atoms with Crippen LogP contribution in [0.4, 0.5) is 11.4 Å². The molecule has 0 bridgehead atoms. The van der Waals surface area contributed by atoms with Gasteiger partial charge >= 0.3 is 0 Å². The number of hydrogen-bond acceptors (Lipinski definition) is 4. The lowest BCUT2D eigenvalue weighted by atomic mass is 10.1. The Kier molecular flexibility index (Phi) is 4.28. The van der Waals surface area contributed by atoms with Crippen LogP contribution in [0.1, 0.15) is 16.7 Å². The molecule has 3 rings (SSSR count). The zero-order valence-corrected chi connectivity index (χ0v) is 15.9. The van der Waals surface area contributed by atoms with E-state index in [1.807, 2.05) is 13.0 Å². The zero-order valence-electron chi connectivity index (χ0n) is 14.3. The van der Waals surface area contributed by atoms with Crippen molar-refractivity contribution in [2.24, 2.45) is 0 Å². The van der Waals surface area contributed by atoms with Crippen molar-refractivity contribution in [3.8, 4) is 0 Å². The zero-order chi connectivity index (χ0) is 18.4. The van der Waals surface area contributed by atoms with E-state index in [-0.39, 0.29) is 4.90 Å². The van der Waals surface area contributed by atoms with Crippen molar-refractivity contribution in [2.45, 2.75) is 25.2 Å². The van der Waals surface area contributed by atoms with Gasteiger partial charge in [0.2, 0.25) is 10.0 Å². The van der Waals surface area contributed by atoms with Crippen LogP contribution < -0.4 is 9.03 Å². The van der Waals surface area contributed by atoms with E-state index in [1.165, 1.54) is 4.31 Å². The smallest absolute Gasteiger partial charge is 0.262 e. The third-order valence-corrected chi connectivity index (χ3v) is 6.93. The minimum absolute atomic E-state index is 0.216. The Morgan fingerprint density at radius 1 is 1.00 bits per heavy atom. The molecule has 134 valence electrons. The van der Waals surface area contributed by atoms with Crippen LogP contribution >= 0.6 is 0 Å². The van der Waals surface area contributed by atoms with Crippen molar-refractivity contribution >= 4 is 31.4 Å². The van der Waals surface area contributed by atoms with Crippen molar-refractivity contribution < 1.29 is 16.8 Å². The van der Waals surface area contributed by atoms with Crippen molar-refractivity contribution in [1.29, 1.82) is 0 Å². The molecule has 2 aromatic carbocycles. The molecule has 0 radical (unpaired) electrons. The van der Waals surface area contributed by atoms with Gasteiger partial charge in [-0.2, -0.15) is 0 Å². The van der Waals surface area contributed by atoms with Crippen LogP contribution in [0, 0.1) is 13.8 Å². The van der Waals surface area contributed by atoms with Crippen molar-refractivity contribution in [3.05, 3.63) is 53.1 Å². The van der Waals surface area contributed by atoms with Gasteiger partial charge in [0.05, 0.1) is 22.5 Å². The maximum atomic E-state index is 12.7. The van der Waals surface area contributed by atoms with Gasteiger partial charge in [-0.3, -0.25) is 9.03 Å². The third kappa shape index (κ3) is 3.50. The molecule has 8 heteroatoms. The molecule has 0 aromatic heterocycles. The molecule has 0 spiro atoms. The first kappa shape index (κ1) is 17.8. The first-order valence-corrected chi connectivity index (χ1v) is 11.1. The number of fused-ring (bicyclic) bond motifs is 1. The molecule has 2 aromatic rings. The molecule has 25 heavy (non-hydrogen) atoms. The van der Waals surface area contributed by atoms with Gasteiger partial charge in [0.1, 0.15) is 0 Å². The van der Waals surface area contributed by atoms with E-state index >= 15 is 0 Å². The average molecular weight is 380 g/mol. The van der Waals surface area contributed by atoms with E-state index in [2.05, 4.69) is 4.72 Å². The fraction of sp³-hybridized carbons (Fsp3) is 0.294. The lowest BCUT2D eigenvalue weighted by Crippen LogP contribution is -2.27. The number of aryl methyl sites for hydroxylation is 2. The molecule has 0 aliphatic carbocycles. The highest BCUT2D eigenvalue weighted by Gasteiger charge is 2.27. The Balaban J connectivity index is 1.98. The van der Waals surface area contributed by atoms with Crippen molar-refractivity contribution in [3.63, 3.8) is 0 Å². The second-order valence-corrected chi connectivity index (χ2v) is 9.86. The summed E-state index contributed by atoms with van der Waals surface area (Å²) in [6.45, 7) is 3.95. The summed E-state index contributed by atoms with van der Waals surface area (Å²) in [4.78, 5) is 0.216. The summed E-state index contributed by atoms with van der Waals surface area (Å²) in [5.74, 6) is 0. The molecule has 1 aliphatic heterocycles. The summed E-state index contributed by atoms with van der Waals surface area (Å²) in [5, 5.41) is 0. The van der Waals surface area contributed by atoms with Gasteiger partial charge in [-0.25, -0.2) is 16.8 Å². The molecule has 1 aliphatic rings. The molecule has 0 saturated carbocycles. The number of benzene rings is 2. The Morgan fingerprint density at radius 3 is 2.40 bits per heavy atom. The highest BCUT2D eigenvalue weighted by molar-refractivity contribution is 7.93. The van der Waals surface area contributed by atoms with Crippen LogP contribution in [-0.2, 0) is 26.5 Å². The number of nitrogens with zero attached hydrogens (tertiary/aromatic N) is 1. The van der Waals surface area contributed by atoms with E-state index in [0.717, 1.165) is 17.4 Å². The van der Waals surface area contributed by atoms with E-state index in [1.54, 1.807) is 37.3 Å². The maximum absolute atomic E-state index is 12.7. The number of rotatable bonds is 4. The van der Waals surface area contributed by atoms with Crippen LogP contribution in [0.3, 0.4) is 0 Å². The van der Waals surface area contributed by atoms with Crippen LogP contribution in [0.2, 0.25) is 0 Å². The quantitative estimate of drug-likeness (QED) is 0.883. The SMILES string of the molecule is Cc1ccc(C)c(S(=O)(=O)Nc2ccc3c(c2)N(S(C)(=O)=O)CC3)c1. The highest BCUT2D eigenvalue weighted by Crippen LogP contribution is 2.33. The number of anilines is 2. The summed E-state index contributed by atoms with van der Waals surface area (Å²) in [5.41, 5.74) is 3.26. The summed E-state index contributed by atoms with van der Waals surface area (Å²) in [6, 6.07) is 10.2. The van der Waals surface area contributed by atoms with E-state index < -0.39 is 20.0 Å². The first-order chi connectivity index (χ1) is 11.6. The normalized spacial score (nSPS) is 14.4. The summed E-state index contributed by atoms with van der Waals surface area (Å²) < 4.78 is 53.0. The molecule has 0 atom stereocenters. The van der Waals surface area contributed by atoms with E-state index in [9.17, 15) is 16.8 Å². The lowest BCUT2D eigenvalue weighted by molar-refractivity contribution is 0.597. The van der Waals surface area contributed by atoms with Gasteiger partial charge in [0.15, 0.2) is 0 Å². The fourth-order valence-electron chi connectivity index (χ4n) is 2.96. The van der Waals surface area contributed by atoms with E-state index in [0.29, 0.717) is 29.9 Å². The number of hydrogen-bond donors (Lipinski definition) is 1. The highest BCUT2D eigenvalue weighted by atomic mass is 32.2. The Morgan fingerprint density at radius 2 is 1.72 bits per heavy atom. The van der Waals surface area contributed by atoms with Crippen molar-refractivity contribution in [2.75, 3.05) is 21.8 Å². The molecule has 0 unspecified atom stereocenters. The van der Waals surface area contributed by atoms with Gasteiger partial charge in [0.25, 0.3) is 10.0 Å². The molecular formula is C17H20N2O4S2. The topological polar surface area (TPSA) is 83.6 Å². The largest absolute Gasteiger partial charge is 0.280 e. The molecule has 0 saturated heterocycles. The van der Waals surface area contributed by atoms with Crippen LogP contribution in [0.25, 0.3) is 0 Å². The van der Waals surface area contributed by atoms with Gasteiger partial charge in [-0.1, -0.05) is 18.2 Å². The standard InChI is InChI=1S/C17H20N2O4S2/c1-12-4-5-13(2)17(10-12)25(22,23)18-15-7-6-14-8-9-19(16(14)11-15)24(3,20)21/h4-7,10-11,18H,8-9H2,1-3H3. The van der Waals surface area contributed by atoms with Gasteiger partial charge in [0, 0.05) is 6.54 Å². The predicted octanol–water partition coefficient (Wildman–Crippen LogP) is 2.43. The monoisotopic (exact) mass is 380 g/mol. The summed E-state index contributed by atoms with van der Waals surface area (Å²) in [6.07, 6.45) is 1.77. The van der Waals surface area contributed by atoms with Crippen LogP contribution in [0.5, 0.6) is 0 Å². The Hall–Kier alpha value is -2.06. The number of nitrogens with one attached hydrogen (secondary N) is 1. The molecule has 6 nitrogen and oxygen atoms in total. The summed E-state index contributed by atoms with van der Waals surface area (Å²) >= 11 is 0.